The van der Waals surface area contributed by atoms with E-state index in [1.807, 2.05) is 18.2 Å². The number of primary amides is 1. The van der Waals surface area contributed by atoms with Crippen LogP contribution in [0.4, 0.5) is 5.82 Å². The van der Waals surface area contributed by atoms with Gasteiger partial charge in [0.05, 0.1) is 5.56 Å². The van der Waals surface area contributed by atoms with Gasteiger partial charge in [-0.2, -0.15) is 4.98 Å². The van der Waals surface area contributed by atoms with Crippen molar-refractivity contribution in [3.63, 3.8) is 0 Å². The van der Waals surface area contributed by atoms with Crippen LogP contribution in [-0.2, 0) is 6.54 Å². The van der Waals surface area contributed by atoms with Crippen molar-refractivity contribution in [3.8, 4) is 0 Å². The number of halogens is 2. The minimum absolute atomic E-state index is 0.0339. The minimum atomic E-state index is -0.627. The third-order valence-corrected chi connectivity index (χ3v) is 2.98. The predicted molar refractivity (Wildman–Crippen MR) is 74.3 cm³/mol. The molecule has 5 nitrogen and oxygen atoms in total. The van der Waals surface area contributed by atoms with Gasteiger partial charge in [-0.05, 0) is 23.2 Å². The summed E-state index contributed by atoms with van der Waals surface area (Å²) in [5, 5.41) is 3.63. The number of benzene rings is 1. The summed E-state index contributed by atoms with van der Waals surface area (Å²) in [6.45, 7) is 0.396. The number of nitrogens with two attached hydrogens (primary N) is 1. The van der Waals surface area contributed by atoms with Gasteiger partial charge in [0.25, 0.3) is 5.91 Å². The van der Waals surface area contributed by atoms with Crippen LogP contribution in [0.1, 0.15) is 15.9 Å². The fraction of sp³-hybridized carbons (Fsp3) is 0.0833. The van der Waals surface area contributed by atoms with E-state index in [2.05, 4.69) is 15.3 Å². The number of carbonyl (C=O) groups is 1. The number of anilines is 1. The van der Waals surface area contributed by atoms with Crippen LogP contribution in [0.2, 0.25) is 10.3 Å². The molecule has 19 heavy (non-hydrogen) atoms. The van der Waals surface area contributed by atoms with Gasteiger partial charge in [0.15, 0.2) is 0 Å². The highest BCUT2D eigenvalue weighted by Crippen LogP contribution is 2.18. The Kier molecular flexibility index (Phi) is 4.19. The van der Waals surface area contributed by atoms with E-state index in [4.69, 9.17) is 28.9 Å². The van der Waals surface area contributed by atoms with Gasteiger partial charge in [-0.15, -0.1) is 0 Å². The molecule has 0 saturated carbocycles. The molecule has 7 heteroatoms. The van der Waals surface area contributed by atoms with E-state index in [1.165, 1.54) is 6.20 Å². The van der Waals surface area contributed by atoms with Gasteiger partial charge in [-0.25, -0.2) is 4.98 Å². The average molecular weight is 297 g/mol. The zero-order valence-electron chi connectivity index (χ0n) is 9.73. The molecule has 0 saturated heterocycles. The molecule has 0 aliphatic heterocycles. The maximum absolute atomic E-state index is 11.2. The quantitative estimate of drug-likeness (QED) is 0.850. The summed E-state index contributed by atoms with van der Waals surface area (Å²) in [5.74, 6) is -0.342. The summed E-state index contributed by atoms with van der Waals surface area (Å²) >= 11 is 11.7. The van der Waals surface area contributed by atoms with Crippen LogP contribution in [0.25, 0.3) is 0 Å². The first-order valence-corrected chi connectivity index (χ1v) is 6.13. The monoisotopic (exact) mass is 296 g/mol. The average Bonchev–Trinajstić information content (AvgIpc) is 2.37. The highest BCUT2D eigenvalue weighted by molar-refractivity contribution is 6.31. The fourth-order valence-corrected chi connectivity index (χ4v) is 1.83. The van der Waals surface area contributed by atoms with E-state index < -0.39 is 5.91 Å². The second-order valence-electron chi connectivity index (χ2n) is 3.71. The lowest BCUT2D eigenvalue weighted by Crippen LogP contribution is -2.16. The number of nitrogens with one attached hydrogen (secondary N) is 1. The lowest BCUT2D eigenvalue weighted by Gasteiger charge is -2.09. The van der Waals surface area contributed by atoms with Crippen LogP contribution in [-0.4, -0.2) is 15.9 Å². The number of carbonyl (C=O) groups excluding carboxylic acids is 1. The summed E-state index contributed by atoms with van der Waals surface area (Å²) in [7, 11) is 0. The Hall–Kier alpha value is -1.85. The van der Waals surface area contributed by atoms with Crippen LogP contribution in [0.3, 0.4) is 0 Å². The first-order valence-electron chi connectivity index (χ1n) is 5.37. The minimum Gasteiger partial charge on any atom is -0.365 e. The zero-order chi connectivity index (χ0) is 13.8. The highest BCUT2D eigenvalue weighted by Gasteiger charge is 2.11. The van der Waals surface area contributed by atoms with Crippen LogP contribution in [0.5, 0.6) is 0 Å². The van der Waals surface area contributed by atoms with Crippen LogP contribution in [0.15, 0.2) is 30.5 Å². The molecule has 0 unspecified atom stereocenters. The Bertz CT molecular complexity index is 618. The molecular formula is C12H10Cl2N4O. The first kappa shape index (κ1) is 13.6. The summed E-state index contributed by atoms with van der Waals surface area (Å²) in [5.41, 5.74) is 6.28. The highest BCUT2D eigenvalue weighted by atomic mass is 35.5. The zero-order valence-corrected chi connectivity index (χ0v) is 11.2. The molecule has 98 valence electrons. The van der Waals surface area contributed by atoms with Gasteiger partial charge in [0, 0.05) is 17.8 Å². The second-order valence-corrected chi connectivity index (χ2v) is 4.46. The molecule has 0 atom stereocenters. The van der Waals surface area contributed by atoms with Crippen molar-refractivity contribution < 1.29 is 4.79 Å². The summed E-state index contributed by atoms with van der Waals surface area (Å²) < 4.78 is 0. The molecule has 3 N–H and O–H groups in total. The van der Waals surface area contributed by atoms with Crippen LogP contribution >= 0.6 is 23.2 Å². The Labute approximate surface area is 119 Å². The maximum Gasteiger partial charge on any atom is 0.254 e. The molecule has 0 spiro atoms. The number of hydrogen-bond donors (Lipinski definition) is 2. The Balaban J connectivity index is 2.22. The molecule has 2 aromatic rings. The van der Waals surface area contributed by atoms with Gasteiger partial charge in [-0.3, -0.25) is 4.79 Å². The third kappa shape index (κ3) is 3.33. The molecule has 1 aromatic carbocycles. The molecule has 1 heterocycles. The molecule has 0 aliphatic rings. The Morgan fingerprint density at radius 1 is 1.32 bits per heavy atom. The molecule has 0 fully saturated rings. The number of rotatable bonds is 4. The van der Waals surface area contributed by atoms with Crippen LogP contribution < -0.4 is 11.1 Å². The van der Waals surface area contributed by atoms with E-state index >= 15 is 0 Å². The predicted octanol–water partition coefficient (Wildman–Crippen LogP) is 2.49. The van der Waals surface area contributed by atoms with Gasteiger partial charge in [0.1, 0.15) is 5.82 Å². The molecule has 0 bridgehead atoms. The number of aromatic nitrogens is 2. The molecule has 2 rings (SSSR count). The van der Waals surface area contributed by atoms with E-state index in [-0.39, 0.29) is 16.7 Å². The van der Waals surface area contributed by atoms with E-state index in [0.717, 1.165) is 5.56 Å². The second kappa shape index (κ2) is 5.86. The lowest BCUT2D eigenvalue weighted by molar-refractivity contribution is 0.100. The largest absolute Gasteiger partial charge is 0.365 e. The first-order chi connectivity index (χ1) is 9.08. The van der Waals surface area contributed by atoms with Gasteiger partial charge in [-0.1, -0.05) is 29.8 Å². The van der Waals surface area contributed by atoms with E-state index in [0.29, 0.717) is 11.6 Å². The Morgan fingerprint density at radius 3 is 2.74 bits per heavy atom. The number of hydrogen-bond acceptors (Lipinski definition) is 4. The van der Waals surface area contributed by atoms with Crippen LogP contribution in [0, 0.1) is 0 Å². The van der Waals surface area contributed by atoms with Crippen molar-refractivity contribution in [1.82, 2.24) is 9.97 Å². The molecule has 1 aromatic heterocycles. The number of amides is 1. The van der Waals surface area contributed by atoms with Crippen molar-refractivity contribution in [2.45, 2.75) is 6.54 Å². The smallest absolute Gasteiger partial charge is 0.254 e. The normalized spacial score (nSPS) is 10.2. The Morgan fingerprint density at radius 2 is 2.05 bits per heavy atom. The maximum atomic E-state index is 11.2. The molecule has 1 amide bonds. The van der Waals surface area contributed by atoms with Crippen molar-refractivity contribution in [3.05, 3.63) is 51.9 Å². The summed E-state index contributed by atoms with van der Waals surface area (Å²) in [6, 6.07) is 7.34. The van der Waals surface area contributed by atoms with E-state index in [1.54, 1.807) is 6.07 Å². The van der Waals surface area contributed by atoms with Gasteiger partial charge < -0.3 is 11.1 Å². The molecule has 0 aliphatic carbocycles. The van der Waals surface area contributed by atoms with Crippen molar-refractivity contribution in [2.24, 2.45) is 5.73 Å². The van der Waals surface area contributed by atoms with Gasteiger partial charge in [0.2, 0.25) is 5.28 Å². The van der Waals surface area contributed by atoms with E-state index in [9.17, 15) is 4.79 Å². The van der Waals surface area contributed by atoms with Crippen molar-refractivity contribution in [1.29, 1.82) is 0 Å². The fourth-order valence-electron chi connectivity index (χ4n) is 1.50. The lowest BCUT2D eigenvalue weighted by atomic mass is 10.2. The number of nitrogens with zero attached hydrogens (tertiary/aromatic N) is 2. The topological polar surface area (TPSA) is 80.9 Å². The van der Waals surface area contributed by atoms with Gasteiger partial charge >= 0.3 is 0 Å². The summed E-state index contributed by atoms with van der Waals surface area (Å²) in [6.07, 6.45) is 1.28. The molecular weight excluding hydrogens is 287 g/mol. The van der Waals surface area contributed by atoms with Crippen molar-refractivity contribution in [2.75, 3.05) is 5.32 Å². The summed E-state index contributed by atoms with van der Waals surface area (Å²) in [4.78, 5) is 18.9. The SMILES string of the molecule is NC(=O)c1cnc(Cl)nc1NCc1ccccc1Cl. The standard InChI is InChI=1S/C12H10Cl2N4O/c13-9-4-2-1-3-7(9)5-16-11-8(10(15)19)6-17-12(14)18-11/h1-4,6H,5H2,(H2,15,19)(H,16,17,18). The molecule has 0 radical (unpaired) electrons. The third-order valence-electron chi connectivity index (χ3n) is 2.43. The van der Waals surface area contributed by atoms with Crippen molar-refractivity contribution >= 4 is 34.9 Å².